The summed E-state index contributed by atoms with van der Waals surface area (Å²) in [6.45, 7) is 6.03. The number of ether oxygens (including phenoxy) is 4. The normalized spacial score (nSPS) is 15.5. The minimum atomic E-state index is -0.452. The molecular formula is C24H22N4O6S. The highest BCUT2D eigenvalue weighted by atomic mass is 32.2. The lowest BCUT2D eigenvalue weighted by atomic mass is 10.1. The van der Waals surface area contributed by atoms with Crippen LogP contribution in [0.3, 0.4) is 0 Å². The van der Waals surface area contributed by atoms with Gasteiger partial charge in [0.2, 0.25) is 12.7 Å². The molecule has 0 saturated carbocycles. The minimum Gasteiger partial charge on any atom is -0.485 e. The number of thioether (sulfide) groups is 1. The number of aromatic nitrogens is 3. The highest BCUT2D eigenvalue weighted by Gasteiger charge is 2.28. The van der Waals surface area contributed by atoms with Crippen molar-refractivity contribution in [3.63, 3.8) is 0 Å². The Morgan fingerprint density at radius 2 is 1.91 bits per heavy atom. The van der Waals surface area contributed by atoms with Crippen molar-refractivity contribution in [1.29, 1.82) is 0 Å². The van der Waals surface area contributed by atoms with Gasteiger partial charge in [-0.25, -0.2) is 0 Å². The fraction of sp³-hybridized carbons (Fsp3) is 0.250. The second-order valence-electron chi connectivity index (χ2n) is 7.75. The third kappa shape index (κ3) is 4.67. The van der Waals surface area contributed by atoms with Crippen LogP contribution in [0.1, 0.15) is 29.2 Å². The summed E-state index contributed by atoms with van der Waals surface area (Å²) in [6.07, 6.45) is 1.27. The lowest BCUT2D eigenvalue weighted by Crippen LogP contribution is -2.25. The summed E-state index contributed by atoms with van der Waals surface area (Å²) in [4.78, 5) is 24.8. The Kier molecular flexibility index (Phi) is 6.32. The van der Waals surface area contributed by atoms with Crippen molar-refractivity contribution in [2.45, 2.75) is 24.7 Å². The van der Waals surface area contributed by atoms with Gasteiger partial charge in [0.25, 0.3) is 0 Å². The number of Topliss-reactive ketones (excluding diaryl/α,β-unsaturated/α-hetero) is 1. The van der Waals surface area contributed by atoms with Crippen molar-refractivity contribution >= 4 is 29.1 Å². The molecule has 0 radical (unpaired) electrons. The van der Waals surface area contributed by atoms with Gasteiger partial charge in [-0.2, -0.15) is 0 Å². The molecule has 1 aromatic heterocycles. The highest BCUT2D eigenvalue weighted by Crippen LogP contribution is 2.38. The fourth-order valence-electron chi connectivity index (χ4n) is 3.75. The van der Waals surface area contributed by atoms with Crippen molar-refractivity contribution in [3.05, 3.63) is 60.4 Å². The summed E-state index contributed by atoms with van der Waals surface area (Å²) in [5.74, 6) is 2.39. The van der Waals surface area contributed by atoms with Crippen LogP contribution in [0.25, 0.3) is 0 Å². The van der Waals surface area contributed by atoms with Crippen molar-refractivity contribution in [2.24, 2.45) is 0 Å². The van der Waals surface area contributed by atoms with Crippen LogP contribution in [0.15, 0.2) is 54.2 Å². The molecule has 0 bridgehead atoms. The summed E-state index contributed by atoms with van der Waals surface area (Å²) in [5.41, 5.74) is 0.714. The summed E-state index contributed by atoms with van der Waals surface area (Å²) >= 11 is 1.22. The van der Waals surface area contributed by atoms with E-state index in [0.717, 1.165) is 0 Å². The number of fused-ring (bicyclic) bond motifs is 2. The van der Waals surface area contributed by atoms with Crippen LogP contribution in [-0.4, -0.2) is 45.6 Å². The Labute approximate surface area is 205 Å². The average molecular weight is 495 g/mol. The number of carbonyl (C=O) groups excluding carboxylic acids is 2. The molecule has 1 amide bonds. The molecule has 10 nitrogen and oxygen atoms in total. The predicted octanol–water partition coefficient (Wildman–Crippen LogP) is 3.64. The number of nitrogens with one attached hydrogen (secondary N) is 1. The van der Waals surface area contributed by atoms with Gasteiger partial charge in [0.1, 0.15) is 6.61 Å². The molecule has 0 unspecified atom stereocenters. The van der Waals surface area contributed by atoms with Gasteiger partial charge in [-0.05, 0) is 25.1 Å². The number of carbonyl (C=O) groups is 2. The van der Waals surface area contributed by atoms with Crippen molar-refractivity contribution in [3.8, 4) is 23.0 Å². The molecule has 0 saturated heterocycles. The molecule has 2 aliphatic heterocycles. The molecule has 11 heteroatoms. The SMILES string of the molecule is C=CCn1c(SCC(=O)Nc2cc3c(cc2C(C)=O)OCO3)nnc1[C@@H]1COc2ccccc2O1. The van der Waals surface area contributed by atoms with E-state index in [9.17, 15) is 9.59 Å². The average Bonchev–Trinajstić information content (AvgIpc) is 3.48. The topological polar surface area (TPSA) is 114 Å². The van der Waals surface area contributed by atoms with Crippen LogP contribution < -0.4 is 24.3 Å². The minimum absolute atomic E-state index is 0.0475. The zero-order chi connectivity index (χ0) is 24.4. The largest absolute Gasteiger partial charge is 0.485 e. The van der Waals surface area contributed by atoms with Crippen LogP contribution in [0, 0.1) is 0 Å². The van der Waals surface area contributed by atoms with Crippen molar-refractivity contribution < 1.29 is 28.5 Å². The molecule has 180 valence electrons. The predicted molar refractivity (Wildman–Crippen MR) is 127 cm³/mol. The summed E-state index contributed by atoms with van der Waals surface area (Å²) < 4.78 is 24.4. The van der Waals surface area contributed by atoms with Crippen molar-refractivity contribution in [1.82, 2.24) is 14.8 Å². The number of hydrogen-bond donors (Lipinski definition) is 1. The molecule has 1 atom stereocenters. The number of allylic oxidation sites excluding steroid dienone is 1. The first-order valence-corrected chi connectivity index (χ1v) is 11.8. The maximum atomic E-state index is 12.7. The smallest absolute Gasteiger partial charge is 0.234 e. The number of rotatable bonds is 8. The molecule has 2 aromatic carbocycles. The van der Waals surface area contributed by atoms with Crippen LogP contribution in [0.5, 0.6) is 23.0 Å². The lowest BCUT2D eigenvalue weighted by Gasteiger charge is -2.26. The van der Waals surface area contributed by atoms with E-state index in [0.29, 0.717) is 51.8 Å². The van der Waals surface area contributed by atoms with Gasteiger partial charge in [-0.3, -0.25) is 14.2 Å². The van der Waals surface area contributed by atoms with Crippen LogP contribution in [-0.2, 0) is 11.3 Å². The quantitative estimate of drug-likeness (QED) is 0.285. The standard InChI is InChI=1S/C24H22N4O6S/c1-3-8-28-23(21-11-31-17-6-4-5-7-18(17)34-21)26-27-24(28)35-12-22(30)25-16-10-20-19(32-13-33-20)9-15(16)14(2)29/h3-7,9-10,21H,1,8,11-13H2,2H3,(H,25,30)/t21-/m0/s1. The van der Waals surface area contributed by atoms with Crippen LogP contribution in [0.4, 0.5) is 5.69 Å². The number of ketones is 1. The maximum Gasteiger partial charge on any atom is 0.234 e. The monoisotopic (exact) mass is 494 g/mol. The van der Waals surface area contributed by atoms with Crippen LogP contribution >= 0.6 is 11.8 Å². The van der Waals surface area contributed by atoms with E-state index in [-0.39, 0.29) is 30.8 Å². The summed E-state index contributed by atoms with van der Waals surface area (Å²) in [5, 5.41) is 11.9. The highest BCUT2D eigenvalue weighted by molar-refractivity contribution is 7.99. The number of hydrogen-bond acceptors (Lipinski definition) is 9. The zero-order valence-electron chi connectivity index (χ0n) is 18.9. The zero-order valence-corrected chi connectivity index (χ0v) is 19.7. The lowest BCUT2D eigenvalue weighted by molar-refractivity contribution is -0.113. The molecule has 2 aliphatic rings. The van der Waals surface area contributed by atoms with Gasteiger partial charge in [-0.1, -0.05) is 30.0 Å². The molecule has 1 N–H and O–H groups in total. The van der Waals surface area contributed by atoms with E-state index in [1.54, 1.807) is 18.2 Å². The number of benzene rings is 2. The van der Waals surface area contributed by atoms with Gasteiger partial charge in [0.15, 0.2) is 45.9 Å². The molecule has 35 heavy (non-hydrogen) atoms. The van der Waals surface area contributed by atoms with E-state index in [1.165, 1.54) is 18.7 Å². The molecule has 0 spiro atoms. The Morgan fingerprint density at radius 1 is 1.14 bits per heavy atom. The number of nitrogens with zero attached hydrogens (tertiary/aromatic N) is 3. The Morgan fingerprint density at radius 3 is 2.69 bits per heavy atom. The third-order valence-corrected chi connectivity index (χ3v) is 6.32. The van der Waals surface area contributed by atoms with Gasteiger partial charge in [-0.15, -0.1) is 16.8 Å². The first-order valence-electron chi connectivity index (χ1n) is 10.8. The van der Waals surface area contributed by atoms with Crippen LogP contribution in [0.2, 0.25) is 0 Å². The Balaban J connectivity index is 1.29. The summed E-state index contributed by atoms with van der Waals surface area (Å²) in [7, 11) is 0. The Hall–Kier alpha value is -3.99. The number of amides is 1. The molecule has 3 heterocycles. The maximum absolute atomic E-state index is 12.7. The molecule has 5 rings (SSSR count). The van der Waals surface area contributed by atoms with E-state index in [1.807, 2.05) is 28.8 Å². The van der Waals surface area contributed by atoms with Gasteiger partial charge >= 0.3 is 0 Å². The third-order valence-electron chi connectivity index (χ3n) is 5.35. The second kappa shape index (κ2) is 9.71. The van der Waals surface area contributed by atoms with Gasteiger partial charge in [0.05, 0.1) is 11.4 Å². The summed E-state index contributed by atoms with van der Waals surface area (Å²) in [6, 6.07) is 10.6. The van der Waals surface area contributed by atoms with Gasteiger partial charge < -0.3 is 24.3 Å². The van der Waals surface area contributed by atoms with Gasteiger partial charge in [0, 0.05) is 18.2 Å². The fourth-order valence-corrected chi connectivity index (χ4v) is 4.50. The van der Waals surface area contributed by atoms with Crippen molar-refractivity contribution in [2.75, 3.05) is 24.5 Å². The molecular weight excluding hydrogens is 472 g/mol. The van der Waals surface area contributed by atoms with E-state index in [4.69, 9.17) is 18.9 Å². The number of para-hydroxylation sites is 2. The van der Waals surface area contributed by atoms with E-state index < -0.39 is 6.10 Å². The molecule has 0 aliphatic carbocycles. The molecule has 0 fully saturated rings. The first-order chi connectivity index (χ1) is 17.0. The first kappa shape index (κ1) is 22.8. The molecule has 3 aromatic rings. The Bertz CT molecular complexity index is 1310. The number of anilines is 1. The second-order valence-corrected chi connectivity index (χ2v) is 8.69. The van der Waals surface area contributed by atoms with E-state index >= 15 is 0 Å². The van der Waals surface area contributed by atoms with E-state index in [2.05, 4.69) is 22.1 Å².